The fourth-order valence-corrected chi connectivity index (χ4v) is 1.84. The van der Waals surface area contributed by atoms with Crippen molar-refractivity contribution < 1.29 is 9.53 Å². The molecule has 3 N–H and O–H groups in total. The maximum Gasteiger partial charge on any atom is 0.150 e. The van der Waals surface area contributed by atoms with E-state index in [9.17, 15) is 4.79 Å². The summed E-state index contributed by atoms with van der Waals surface area (Å²) in [5, 5.41) is 7.35. The van der Waals surface area contributed by atoms with Crippen LogP contribution in [0.2, 0.25) is 0 Å². The van der Waals surface area contributed by atoms with Gasteiger partial charge in [-0.05, 0) is 29.3 Å². The van der Waals surface area contributed by atoms with Gasteiger partial charge in [0.15, 0.2) is 6.29 Å². The molecule has 96 valence electrons. The normalized spacial score (nSPS) is 9.95. The monoisotopic (exact) mass is 254 g/mol. The number of hydrogen-bond donors (Lipinski definition) is 2. The van der Waals surface area contributed by atoms with Gasteiger partial charge in [-0.25, -0.2) is 0 Å². The van der Waals surface area contributed by atoms with Gasteiger partial charge in [0.1, 0.15) is 11.6 Å². The molecule has 2 aromatic carbocycles. The third kappa shape index (κ3) is 2.63. The average Bonchev–Trinajstić information content (AvgIpc) is 2.46. The molecule has 0 atom stereocenters. The number of nitrogen functional groups attached to an aromatic ring is 1. The Morgan fingerprint density at radius 2 is 1.89 bits per heavy atom. The van der Waals surface area contributed by atoms with Crippen LogP contribution in [0.15, 0.2) is 42.5 Å². The van der Waals surface area contributed by atoms with E-state index in [1.54, 1.807) is 31.4 Å². The minimum absolute atomic E-state index is 0.0211. The van der Waals surface area contributed by atoms with Crippen molar-refractivity contribution in [3.05, 3.63) is 53.6 Å². The van der Waals surface area contributed by atoms with Gasteiger partial charge in [0.25, 0.3) is 0 Å². The Hall–Kier alpha value is -2.62. The van der Waals surface area contributed by atoms with E-state index in [0.29, 0.717) is 16.9 Å². The predicted molar refractivity (Wildman–Crippen MR) is 74.8 cm³/mol. The zero-order chi connectivity index (χ0) is 13.8. The Morgan fingerprint density at radius 3 is 2.42 bits per heavy atom. The summed E-state index contributed by atoms with van der Waals surface area (Å²) in [6, 6.07) is 12.5. The Morgan fingerprint density at radius 1 is 1.21 bits per heavy atom. The summed E-state index contributed by atoms with van der Waals surface area (Å²) in [7, 11) is 1.58. The highest BCUT2D eigenvalue weighted by atomic mass is 16.5. The molecule has 4 heteroatoms. The van der Waals surface area contributed by atoms with Gasteiger partial charge in [-0.1, -0.05) is 24.3 Å². The largest absolute Gasteiger partial charge is 0.497 e. The van der Waals surface area contributed by atoms with Gasteiger partial charge in [-0.2, -0.15) is 0 Å². The third-order valence-corrected chi connectivity index (χ3v) is 2.89. The minimum atomic E-state index is 0.0211. The maximum absolute atomic E-state index is 11.1. The molecule has 2 rings (SSSR count). The lowest BCUT2D eigenvalue weighted by Crippen LogP contribution is -2.10. The number of ether oxygens (including phenoxy) is 1. The van der Waals surface area contributed by atoms with E-state index in [4.69, 9.17) is 15.9 Å². The van der Waals surface area contributed by atoms with E-state index in [1.807, 2.05) is 18.2 Å². The first-order valence-corrected chi connectivity index (χ1v) is 5.73. The summed E-state index contributed by atoms with van der Waals surface area (Å²) < 4.78 is 5.17. The molecular weight excluding hydrogens is 240 g/mol. The summed E-state index contributed by atoms with van der Waals surface area (Å²) in [6.45, 7) is 0. The molecule has 0 aliphatic rings. The lowest BCUT2D eigenvalue weighted by molar-refractivity contribution is 0.112. The van der Waals surface area contributed by atoms with E-state index in [-0.39, 0.29) is 5.84 Å². The van der Waals surface area contributed by atoms with Crippen molar-refractivity contribution in [1.29, 1.82) is 5.41 Å². The zero-order valence-corrected chi connectivity index (χ0v) is 10.5. The van der Waals surface area contributed by atoms with Gasteiger partial charge in [0, 0.05) is 11.1 Å². The number of aldehydes is 1. The van der Waals surface area contributed by atoms with Crippen LogP contribution < -0.4 is 10.5 Å². The van der Waals surface area contributed by atoms with Gasteiger partial charge in [-0.3, -0.25) is 10.2 Å². The van der Waals surface area contributed by atoms with Crippen molar-refractivity contribution in [2.24, 2.45) is 5.73 Å². The summed E-state index contributed by atoms with van der Waals surface area (Å²) in [5.74, 6) is 0.712. The number of nitrogens with one attached hydrogen (secondary N) is 1. The summed E-state index contributed by atoms with van der Waals surface area (Å²) >= 11 is 0. The number of carbonyl (C=O) groups is 1. The predicted octanol–water partition coefficient (Wildman–Crippen LogP) is 2.46. The van der Waals surface area contributed by atoms with Crippen LogP contribution in [0.1, 0.15) is 15.9 Å². The van der Waals surface area contributed by atoms with Crippen LogP contribution in [0, 0.1) is 5.41 Å². The van der Waals surface area contributed by atoms with Crippen molar-refractivity contribution in [2.75, 3.05) is 7.11 Å². The first-order chi connectivity index (χ1) is 9.15. The highest BCUT2D eigenvalue weighted by molar-refractivity contribution is 5.96. The fraction of sp³-hybridized carbons (Fsp3) is 0.0667. The van der Waals surface area contributed by atoms with E-state index >= 15 is 0 Å². The standard InChI is InChI=1S/C15H14N2O2/c1-19-13-7-6-12(9-18)14(8-13)10-2-4-11(5-3-10)15(16)17/h2-9H,1H3,(H3,16,17). The van der Waals surface area contributed by atoms with Crippen molar-refractivity contribution in [2.45, 2.75) is 0 Å². The van der Waals surface area contributed by atoms with Gasteiger partial charge >= 0.3 is 0 Å². The lowest BCUT2D eigenvalue weighted by Gasteiger charge is -2.08. The Balaban J connectivity index is 2.50. The molecule has 0 bridgehead atoms. The number of amidine groups is 1. The van der Waals surface area contributed by atoms with Gasteiger partial charge in [-0.15, -0.1) is 0 Å². The number of benzene rings is 2. The van der Waals surface area contributed by atoms with Crippen LogP contribution in [-0.4, -0.2) is 19.2 Å². The minimum Gasteiger partial charge on any atom is -0.497 e. The zero-order valence-electron chi connectivity index (χ0n) is 10.5. The van der Waals surface area contributed by atoms with E-state index in [0.717, 1.165) is 17.4 Å². The molecule has 0 radical (unpaired) electrons. The van der Waals surface area contributed by atoms with E-state index in [2.05, 4.69) is 0 Å². The molecule has 0 fully saturated rings. The second kappa shape index (κ2) is 5.35. The van der Waals surface area contributed by atoms with Crippen molar-refractivity contribution in [3.63, 3.8) is 0 Å². The molecule has 0 unspecified atom stereocenters. The summed E-state index contributed by atoms with van der Waals surface area (Å²) in [6.07, 6.45) is 0.813. The first kappa shape index (κ1) is 12.8. The highest BCUT2D eigenvalue weighted by Gasteiger charge is 2.07. The van der Waals surface area contributed by atoms with Crippen molar-refractivity contribution in [1.82, 2.24) is 0 Å². The number of hydrogen-bond acceptors (Lipinski definition) is 3. The molecule has 2 aromatic rings. The number of methoxy groups -OCH3 is 1. The summed E-state index contributed by atoms with van der Waals surface area (Å²) in [4.78, 5) is 11.1. The molecule has 0 aliphatic heterocycles. The molecule has 0 spiro atoms. The third-order valence-electron chi connectivity index (χ3n) is 2.89. The van der Waals surface area contributed by atoms with Crippen LogP contribution >= 0.6 is 0 Å². The number of carbonyl (C=O) groups excluding carboxylic acids is 1. The van der Waals surface area contributed by atoms with E-state index < -0.39 is 0 Å². The van der Waals surface area contributed by atoms with Crippen molar-refractivity contribution in [3.8, 4) is 16.9 Å². The second-order valence-electron chi connectivity index (χ2n) is 4.06. The molecular formula is C15H14N2O2. The SMILES string of the molecule is COc1ccc(C=O)c(-c2ccc(C(=N)N)cc2)c1. The maximum atomic E-state index is 11.1. The van der Waals surface area contributed by atoms with Crippen LogP contribution in [0.3, 0.4) is 0 Å². The lowest BCUT2D eigenvalue weighted by atomic mass is 9.99. The number of rotatable bonds is 4. The van der Waals surface area contributed by atoms with Gasteiger partial charge in [0.2, 0.25) is 0 Å². The molecule has 4 nitrogen and oxygen atoms in total. The van der Waals surface area contributed by atoms with Crippen LogP contribution in [0.25, 0.3) is 11.1 Å². The Labute approximate surface area is 111 Å². The second-order valence-corrected chi connectivity index (χ2v) is 4.06. The van der Waals surface area contributed by atoms with Crippen LogP contribution in [-0.2, 0) is 0 Å². The van der Waals surface area contributed by atoms with Gasteiger partial charge in [0.05, 0.1) is 7.11 Å². The molecule has 0 saturated carbocycles. The molecule has 19 heavy (non-hydrogen) atoms. The highest BCUT2D eigenvalue weighted by Crippen LogP contribution is 2.27. The summed E-state index contributed by atoms with van der Waals surface area (Å²) in [5.41, 5.74) is 8.33. The van der Waals surface area contributed by atoms with Crippen LogP contribution in [0.4, 0.5) is 0 Å². The average molecular weight is 254 g/mol. The smallest absolute Gasteiger partial charge is 0.150 e. The quantitative estimate of drug-likeness (QED) is 0.500. The molecule has 0 amide bonds. The molecule has 0 heterocycles. The topological polar surface area (TPSA) is 76.2 Å². The Kier molecular flexibility index (Phi) is 3.61. The number of nitrogens with two attached hydrogens (primary N) is 1. The van der Waals surface area contributed by atoms with Crippen LogP contribution in [0.5, 0.6) is 5.75 Å². The fourth-order valence-electron chi connectivity index (χ4n) is 1.84. The van der Waals surface area contributed by atoms with Gasteiger partial charge < -0.3 is 10.5 Å². The molecule has 0 aromatic heterocycles. The van der Waals surface area contributed by atoms with E-state index in [1.165, 1.54) is 0 Å². The first-order valence-electron chi connectivity index (χ1n) is 5.73. The molecule has 0 saturated heterocycles. The van der Waals surface area contributed by atoms with Crippen molar-refractivity contribution >= 4 is 12.1 Å². The molecule has 0 aliphatic carbocycles. The Bertz CT molecular complexity index is 619.